The lowest BCUT2D eigenvalue weighted by Crippen LogP contribution is -2.27. The average Bonchev–Trinajstić information content (AvgIpc) is 2.83. The summed E-state index contributed by atoms with van der Waals surface area (Å²) in [5.74, 6) is -3.26. The monoisotopic (exact) mass is 568 g/mol. The van der Waals surface area contributed by atoms with Crippen molar-refractivity contribution in [2.75, 3.05) is 13.2 Å². The van der Waals surface area contributed by atoms with E-state index in [-0.39, 0.29) is 11.1 Å². The fourth-order valence-electron chi connectivity index (χ4n) is 4.35. The molecule has 1 saturated heterocycles. The zero-order chi connectivity index (χ0) is 25.9. The summed E-state index contributed by atoms with van der Waals surface area (Å²) in [6.45, 7) is 3.48. The van der Waals surface area contributed by atoms with E-state index in [1.165, 1.54) is 31.4 Å². The smallest absolute Gasteiger partial charge is 0.332 e. The first kappa shape index (κ1) is 26.8. The fraction of sp³-hybridized carbons (Fsp3) is 0.357. The summed E-state index contributed by atoms with van der Waals surface area (Å²) < 4.78 is 81.8. The van der Waals surface area contributed by atoms with Crippen molar-refractivity contribution in [3.63, 3.8) is 0 Å². The number of hydrogen-bond donors (Lipinski definition) is 0. The van der Waals surface area contributed by atoms with Crippen LogP contribution in [-0.2, 0) is 14.3 Å². The van der Waals surface area contributed by atoms with Gasteiger partial charge in [-0.15, -0.1) is 0 Å². The molecule has 0 aromatic heterocycles. The number of ether oxygens (including phenoxy) is 2. The lowest BCUT2D eigenvalue weighted by molar-refractivity contribution is -0.206. The van der Waals surface area contributed by atoms with Crippen molar-refractivity contribution in [2.45, 2.75) is 43.7 Å². The molecular weight excluding hydrogens is 543 g/mol. The van der Waals surface area contributed by atoms with Crippen LogP contribution in [0.3, 0.4) is 0 Å². The highest BCUT2D eigenvalue weighted by molar-refractivity contribution is 9.09. The number of rotatable bonds is 8. The molecule has 36 heavy (non-hydrogen) atoms. The Labute approximate surface area is 215 Å². The van der Waals surface area contributed by atoms with Gasteiger partial charge in [0.1, 0.15) is 23.0 Å². The second-order valence-corrected chi connectivity index (χ2v) is 9.99. The second kappa shape index (κ2) is 11.4. The van der Waals surface area contributed by atoms with E-state index >= 15 is 0 Å². The Balaban J connectivity index is 1.46. The number of alkyl halides is 3. The molecule has 0 saturated carbocycles. The SMILES string of the molecule is CCCCCC1COC(c2ccc(-c3ccc(-c4cc(F)c(C(F)(F)Br)c(F)c4)c(F)c3)cc2)OC1. The molecule has 0 N–H and O–H groups in total. The Kier molecular flexibility index (Phi) is 8.48. The molecule has 192 valence electrons. The van der Waals surface area contributed by atoms with Gasteiger partial charge in [-0.25, -0.2) is 13.2 Å². The molecule has 0 atom stereocenters. The summed E-state index contributed by atoms with van der Waals surface area (Å²) in [5, 5.41) is 0. The lowest BCUT2D eigenvalue weighted by Gasteiger charge is -2.29. The van der Waals surface area contributed by atoms with Crippen LogP contribution in [0.1, 0.15) is 50.0 Å². The third kappa shape index (κ3) is 6.15. The molecule has 4 rings (SSSR count). The molecule has 3 aromatic carbocycles. The van der Waals surface area contributed by atoms with Gasteiger partial charge in [0.05, 0.1) is 13.2 Å². The van der Waals surface area contributed by atoms with Crippen molar-refractivity contribution in [1.82, 2.24) is 0 Å². The van der Waals surface area contributed by atoms with Crippen molar-refractivity contribution < 1.29 is 31.4 Å². The largest absolute Gasteiger partial charge is 0.348 e. The summed E-state index contributed by atoms with van der Waals surface area (Å²) >= 11 is 1.96. The zero-order valence-corrected chi connectivity index (χ0v) is 21.3. The van der Waals surface area contributed by atoms with Crippen LogP contribution in [0.2, 0.25) is 0 Å². The summed E-state index contributed by atoms with van der Waals surface area (Å²) in [6.07, 6.45) is 4.20. The van der Waals surface area contributed by atoms with E-state index < -0.39 is 34.1 Å². The molecule has 1 fully saturated rings. The Hall–Kier alpha value is -2.29. The van der Waals surface area contributed by atoms with E-state index in [0.717, 1.165) is 17.5 Å². The third-order valence-corrected chi connectivity index (χ3v) is 6.70. The van der Waals surface area contributed by atoms with Crippen LogP contribution in [0.4, 0.5) is 22.0 Å². The molecule has 0 aliphatic carbocycles. The summed E-state index contributed by atoms with van der Waals surface area (Å²) in [6, 6.07) is 12.9. The first-order chi connectivity index (χ1) is 17.2. The van der Waals surface area contributed by atoms with E-state index in [1.807, 2.05) is 40.2 Å². The summed E-state index contributed by atoms with van der Waals surface area (Å²) in [7, 11) is 0. The van der Waals surface area contributed by atoms with E-state index in [1.54, 1.807) is 6.07 Å². The Morgan fingerprint density at radius 1 is 0.806 bits per heavy atom. The van der Waals surface area contributed by atoms with Gasteiger partial charge in [0, 0.05) is 17.0 Å². The first-order valence-electron chi connectivity index (χ1n) is 11.9. The van der Waals surface area contributed by atoms with Crippen molar-refractivity contribution in [1.29, 1.82) is 0 Å². The minimum Gasteiger partial charge on any atom is -0.348 e. The van der Waals surface area contributed by atoms with E-state index in [9.17, 15) is 22.0 Å². The quantitative estimate of drug-likeness (QED) is 0.153. The van der Waals surface area contributed by atoms with Crippen molar-refractivity contribution in [2.24, 2.45) is 5.92 Å². The van der Waals surface area contributed by atoms with Crippen LogP contribution < -0.4 is 0 Å². The normalized spacial score (nSPS) is 18.4. The van der Waals surface area contributed by atoms with Gasteiger partial charge in [0.2, 0.25) is 0 Å². The highest BCUT2D eigenvalue weighted by atomic mass is 79.9. The van der Waals surface area contributed by atoms with Crippen LogP contribution in [-0.4, -0.2) is 13.2 Å². The number of hydrogen-bond acceptors (Lipinski definition) is 2. The molecule has 0 bridgehead atoms. The zero-order valence-electron chi connectivity index (χ0n) is 19.7. The summed E-state index contributed by atoms with van der Waals surface area (Å²) in [4.78, 5) is -3.88. The van der Waals surface area contributed by atoms with E-state index in [0.29, 0.717) is 36.8 Å². The minimum absolute atomic E-state index is 0.102. The van der Waals surface area contributed by atoms with Crippen LogP contribution in [0.15, 0.2) is 54.6 Å². The van der Waals surface area contributed by atoms with Crippen LogP contribution in [0.25, 0.3) is 22.3 Å². The lowest BCUT2D eigenvalue weighted by atomic mass is 9.97. The average molecular weight is 569 g/mol. The number of benzene rings is 3. The molecule has 0 spiro atoms. The number of halogens is 6. The van der Waals surface area contributed by atoms with Gasteiger partial charge in [0.25, 0.3) is 0 Å². The molecular formula is C28H26BrF5O2. The molecule has 8 heteroatoms. The fourth-order valence-corrected chi connectivity index (χ4v) is 4.73. The van der Waals surface area contributed by atoms with Crippen LogP contribution in [0, 0.1) is 23.4 Å². The van der Waals surface area contributed by atoms with Crippen LogP contribution in [0.5, 0.6) is 0 Å². The van der Waals surface area contributed by atoms with Gasteiger partial charge in [-0.3, -0.25) is 0 Å². The van der Waals surface area contributed by atoms with Crippen molar-refractivity contribution >= 4 is 15.9 Å². The molecule has 1 heterocycles. The highest BCUT2D eigenvalue weighted by Gasteiger charge is 2.35. The predicted molar refractivity (Wildman–Crippen MR) is 132 cm³/mol. The van der Waals surface area contributed by atoms with Crippen molar-refractivity contribution in [3.05, 3.63) is 83.2 Å². The van der Waals surface area contributed by atoms with Gasteiger partial charge in [-0.1, -0.05) is 62.6 Å². The standard InChI is InChI=1S/C28H26BrF5O2/c1-2-3-4-5-17-15-35-27(36-16-17)19-8-6-18(7-9-19)20-10-11-22(23(30)12-20)21-13-24(31)26(25(32)14-21)28(29,33)34/h6-14,17,27H,2-5,15-16H2,1H3. The topological polar surface area (TPSA) is 18.5 Å². The van der Waals surface area contributed by atoms with Gasteiger partial charge < -0.3 is 9.47 Å². The Bertz CT molecular complexity index is 1160. The van der Waals surface area contributed by atoms with Crippen molar-refractivity contribution in [3.8, 4) is 22.3 Å². The van der Waals surface area contributed by atoms with E-state index in [2.05, 4.69) is 6.92 Å². The molecule has 0 amide bonds. The molecule has 2 nitrogen and oxygen atoms in total. The molecule has 0 radical (unpaired) electrons. The maximum atomic E-state index is 14.9. The first-order valence-corrected chi connectivity index (χ1v) is 12.7. The molecule has 3 aromatic rings. The predicted octanol–water partition coefficient (Wildman–Crippen LogP) is 9.12. The van der Waals surface area contributed by atoms with Gasteiger partial charge in [-0.2, -0.15) is 8.78 Å². The van der Waals surface area contributed by atoms with Gasteiger partial charge in [-0.05, 0) is 57.2 Å². The Morgan fingerprint density at radius 3 is 1.94 bits per heavy atom. The molecule has 1 aliphatic rings. The van der Waals surface area contributed by atoms with Gasteiger partial charge >= 0.3 is 4.83 Å². The molecule has 1 aliphatic heterocycles. The maximum Gasteiger partial charge on any atom is 0.332 e. The summed E-state index contributed by atoms with van der Waals surface area (Å²) in [5.41, 5.74) is 0.441. The van der Waals surface area contributed by atoms with Crippen LogP contribution >= 0.6 is 15.9 Å². The second-order valence-electron chi connectivity index (χ2n) is 8.99. The van der Waals surface area contributed by atoms with E-state index in [4.69, 9.17) is 9.47 Å². The number of unbranched alkanes of at least 4 members (excludes halogenated alkanes) is 2. The highest BCUT2D eigenvalue weighted by Crippen LogP contribution is 2.40. The van der Waals surface area contributed by atoms with Gasteiger partial charge in [0.15, 0.2) is 6.29 Å². The Morgan fingerprint density at radius 2 is 1.39 bits per heavy atom. The maximum absolute atomic E-state index is 14.9. The molecule has 0 unspecified atom stereocenters. The minimum atomic E-state index is -3.88. The third-order valence-electron chi connectivity index (χ3n) is 6.30.